The molecule has 0 saturated heterocycles. The molecule has 1 aromatic rings. The highest BCUT2D eigenvalue weighted by Gasteiger charge is 2.38. The van der Waals surface area contributed by atoms with Crippen LogP contribution >= 0.6 is 0 Å². The highest BCUT2D eigenvalue weighted by Crippen LogP contribution is 2.27. The molecule has 1 heterocycles. The van der Waals surface area contributed by atoms with Crippen molar-refractivity contribution >= 4 is 0 Å². The molecule has 0 aliphatic rings. The molecule has 1 rings (SSSR count). The topological polar surface area (TPSA) is 48.1 Å². The molecule has 0 fully saturated rings. The summed E-state index contributed by atoms with van der Waals surface area (Å²) >= 11 is 0. The number of hydrogen-bond acceptors (Lipinski definition) is 3. The Morgan fingerprint density at radius 2 is 1.94 bits per heavy atom. The maximum absolute atomic E-state index is 12.3. The molecule has 0 aliphatic heterocycles. The quantitative estimate of drug-likeness (QED) is 0.867. The van der Waals surface area contributed by atoms with Crippen molar-refractivity contribution in [2.45, 2.75) is 25.3 Å². The lowest BCUT2D eigenvalue weighted by molar-refractivity contribution is -0.226. The van der Waals surface area contributed by atoms with Crippen molar-refractivity contribution in [3.8, 4) is 0 Å². The van der Waals surface area contributed by atoms with Gasteiger partial charge in [-0.1, -0.05) is 0 Å². The first kappa shape index (κ1) is 12.9. The molecule has 2 N–H and O–H groups in total. The van der Waals surface area contributed by atoms with Crippen LogP contribution < -0.4 is 5.73 Å². The van der Waals surface area contributed by atoms with E-state index in [1.807, 2.05) is 0 Å². The standard InChI is InChI=1S/C10H13F3N2O/c1-7(10(11,12)13)16-9(6-14)8-2-4-15-5-3-8/h2-5,7,9H,6,14H2,1H3. The van der Waals surface area contributed by atoms with Crippen LogP contribution in [-0.4, -0.2) is 23.8 Å². The summed E-state index contributed by atoms with van der Waals surface area (Å²) in [6.45, 7) is 0.953. The van der Waals surface area contributed by atoms with Gasteiger partial charge in [-0.2, -0.15) is 13.2 Å². The number of nitrogens with zero attached hydrogens (tertiary/aromatic N) is 1. The van der Waals surface area contributed by atoms with E-state index in [-0.39, 0.29) is 6.54 Å². The molecule has 1 aromatic heterocycles. The summed E-state index contributed by atoms with van der Waals surface area (Å²) in [5.74, 6) is 0. The van der Waals surface area contributed by atoms with Crippen molar-refractivity contribution in [2.75, 3.05) is 6.54 Å². The van der Waals surface area contributed by atoms with Crippen LogP contribution in [0.15, 0.2) is 24.5 Å². The Morgan fingerprint density at radius 3 is 2.38 bits per heavy atom. The molecule has 3 nitrogen and oxygen atoms in total. The molecule has 16 heavy (non-hydrogen) atoms. The number of pyridine rings is 1. The molecule has 90 valence electrons. The highest BCUT2D eigenvalue weighted by atomic mass is 19.4. The first-order valence-electron chi connectivity index (χ1n) is 4.77. The smallest absolute Gasteiger partial charge is 0.360 e. The largest absolute Gasteiger partial charge is 0.414 e. The van der Waals surface area contributed by atoms with E-state index in [4.69, 9.17) is 10.5 Å². The summed E-state index contributed by atoms with van der Waals surface area (Å²) in [6.07, 6.45) is -4.01. The summed E-state index contributed by atoms with van der Waals surface area (Å²) < 4.78 is 41.7. The third kappa shape index (κ3) is 3.46. The van der Waals surface area contributed by atoms with Crippen molar-refractivity contribution in [1.82, 2.24) is 4.98 Å². The van der Waals surface area contributed by atoms with Crippen LogP contribution in [0.2, 0.25) is 0 Å². The van der Waals surface area contributed by atoms with E-state index < -0.39 is 18.4 Å². The summed E-state index contributed by atoms with van der Waals surface area (Å²) in [5.41, 5.74) is 5.97. The fourth-order valence-corrected chi connectivity index (χ4v) is 1.17. The zero-order chi connectivity index (χ0) is 12.2. The van der Waals surface area contributed by atoms with Crippen LogP contribution in [0.1, 0.15) is 18.6 Å². The van der Waals surface area contributed by atoms with Crippen molar-refractivity contribution in [3.63, 3.8) is 0 Å². The van der Waals surface area contributed by atoms with Crippen LogP contribution in [0.5, 0.6) is 0 Å². The Kier molecular flexibility index (Phi) is 4.26. The molecular weight excluding hydrogens is 221 g/mol. The second-order valence-electron chi connectivity index (χ2n) is 3.32. The second kappa shape index (κ2) is 5.27. The number of rotatable bonds is 4. The SMILES string of the molecule is CC(OC(CN)c1ccncc1)C(F)(F)F. The molecule has 6 heteroatoms. The van der Waals surface area contributed by atoms with Crippen LogP contribution in [0.4, 0.5) is 13.2 Å². The van der Waals surface area contributed by atoms with E-state index in [2.05, 4.69) is 4.98 Å². The molecule has 0 saturated carbocycles. The van der Waals surface area contributed by atoms with Gasteiger partial charge in [-0.05, 0) is 24.6 Å². The van der Waals surface area contributed by atoms with Crippen LogP contribution in [0.3, 0.4) is 0 Å². The molecule has 2 unspecified atom stereocenters. The average Bonchev–Trinajstić information content (AvgIpc) is 2.25. The van der Waals surface area contributed by atoms with Gasteiger partial charge in [0, 0.05) is 18.9 Å². The molecule has 0 aromatic carbocycles. The minimum absolute atomic E-state index is 0.00949. The molecular formula is C10H13F3N2O. The number of aromatic nitrogens is 1. The maximum Gasteiger partial charge on any atom is 0.414 e. The van der Waals surface area contributed by atoms with Crippen molar-refractivity contribution in [3.05, 3.63) is 30.1 Å². The minimum atomic E-state index is -4.37. The molecule has 2 atom stereocenters. The van der Waals surface area contributed by atoms with Gasteiger partial charge in [-0.15, -0.1) is 0 Å². The average molecular weight is 234 g/mol. The Labute approximate surface area is 91.4 Å². The van der Waals surface area contributed by atoms with Gasteiger partial charge < -0.3 is 10.5 Å². The molecule has 0 aliphatic carbocycles. The maximum atomic E-state index is 12.3. The fraction of sp³-hybridized carbons (Fsp3) is 0.500. The van der Waals surface area contributed by atoms with Gasteiger partial charge in [-0.25, -0.2) is 0 Å². The number of ether oxygens (including phenoxy) is 1. The second-order valence-corrected chi connectivity index (χ2v) is 3.32. The monoisotopic (exact) mass is 234 g/mol. The number of nitrogens with two attached hydrogens (primary N) is 1. The molecule has 0 bridgehead atoms. The molecule has 0 spiro atoms. The number of alkyl halides is 3. The Balaban J connectivity index is 2.70. The van der Waals surface area contributed by atoms with Gasteiger partial charge in [-0.3, -0.25) is 4.98 Å². The predicted octanol–water partition coefficient (Wildman–Crippen LogP) is 2.05. The van der Waals surface area contributed by atoms with E-state index in [9.17, 15) is 13.2 Å². The third-order valence-corrected chi connectivity index (χ3v) is 2.12. The van der Waals surface area contributed by atoms with E-state index in [1.54, 1.807) is 12.1 Å². The molecule has 0 radical (unpaired) electrons. The Morgan fingerprint density at radius 1 is 1.38 bits per heavy atom. The van der Waals surface area contributed by atoms with Gasteiger partial charge in [0.1, 0.15) is 0 Å². The zero-order valence-electron chi connectivity index (χ0n) is 8.74. The third-order valence-electron chi connectivity index (χ3n) is 2.12. The lowest BCUT2D eigenvalue weighted by Crippen LogP contribution is -2.32. The van der Waals surface area contributed by atoms with Crippen molar-refractivity contribution in [2.24, 2.45) is 5.73 Å². The summed E-state index contributed by atoms with van der Waals surface area (Å²) in [6, 6.07) is 3.17. The van der Waals surface area contributed by atoms with Gasteiger partial charge in [0.15, 0.2) is 6.10 Å². The predicted molar refractivity (Wildman–Crippen MR) is 52.6 cm³/mol. The number of hydrogen-bond donors (Lipinski definition) is 1. The van der Waals surface area contributed by atoms with Gasteiger partial charge >= 0.3 is 6.18 Å². The lowest BCUT2D eigenvalue weighted by Gasteiger charge is -2.23. The lowest BCUT2D eigenvalue weighted by atomic mass is 10.1. The van der Waals surface area contributed by atoms with Gasteiger partial charge in [0.05, 0.1) is 6.10 Å². The summed E-state index contributed by atoms with van der Waals surface area (Å²) in [5, 5.41) is 0. The van der Waals surface area contributed by atoms with Crippen molar-refractivity contribution in [1.29, 1.82) is 0 Å². The Hall–Kier alpha value is -1.14. The first-order valence-corrected chi connectivity index (χ1v) is 4.77. The normalized spacial score (nSPS) is 15.8. The van der Waals surface area contributed by atoms with Crippen LogP contribution in [0.25, 0.3) is 0 Å². The van der Waals surface area contributed by atoms with E-state index >= 15 is 0 Å². The first-order chi connectivity index (χ1) is 7.45. The number of halogens is 3. The molecule has 0 amide bonds. The fourth-order valence-electron chi connectivity index (χ4n) is 1.17. The van der Waals surface area contributed by atoms with E-state index in [0.717, 1.165) is 6.92 Å². The van der Waals surface area contributed by atoms with Gasteiger partial charge in [0.2, 0.25) is 0 Å². The van der Waals surface area contributed by atoms with Crippen LogP contribution in [-0.2, 0) is 4.74 Å². The summed E-state index contributed by atoms with van der Waals surface area (Å²) in [4.78, 5) is 3.77. The van der Waals surface area contributed by atoms with Crippen LogP contribution in [0, 0.1) is 0 Å². The Bertz CT molecular complexity index is 316. The van der Waals surface area contributed by atoms with E-state index in [0.29, 0.717) is 5.56 Å². The minimum Gasteiger partial charge on any atom is -0.360 e. The highest BCUT2D eigenvalue weighted by molar-refractivity contribution is 5.13. The van der Waals surface area contributed by atoms with Crippen molar-refractivity contribution < 1.29 is 17.9 Å². The van der Waals surface area contributed by atoms with Gasteiger partial charge in [0.25, 0.3) is 0 Å². The van der Waals surface area contributed by atoms with E-state index in [1.165, 1.54) is 12.4 Å². The summed E-state index contributed by atoms with van der Waals surface area (Å²) in [7, 11) is 0. The zero-order valence-corrected chi connectivity index (χ0v) is 8.74.